The van der Waals surface area contributed by atoms with E-state index in [1.165, 1.54) is 10.7 Å². The Balaban J connectivity index is 3.04. The molecule has 0 amide bonds. The number of hydrogen-bond acceptors (Lipinski definition) is 2. The largest absolute Gasteiger partial charge is 0.508 e. The Kier molecular flexibility index (Phi) is 1.45. The maximum absolute atomic E-state index is 11.5. The number of benzene rings is 1. The fourth-order valence-corrected chi connectivity index (χ4v) is 1.44. The van der Waals surface area contributed by atoms with E-state index < -0.39 is 0 Å². The fourth-order valence-electron chi connectivity index (χ4n) is 1.44. The molecule has 2 rings (SSSR count). The van der Waals surface area contributed by atoms with Gasteiger partial charge in [0.15, 0.2) is 0 Å². The molecular weight excluding hydrogens is 168 g/mol. The van der Waals surface area contributed by atoms with Crippen LogP contribution in [-0.2, 0) is 14.1 Å². The molecule has 2 aromatic rings. The van der Waals surface area contributed by atoms with Crippen LogP contribution in [0.1, 0.15) is 0 Å². The Morgan fingerprint density at radius 2 is 1.92 bits per heavy atom. The summed E-state index contributed by atoms with van der Waals surface area (Å²) in [5, 5.41) is 9.86. The summed E-state index contributed by atoms with van der Waals surface area (Å²) in [4.78, 5) is 11.5. The van der Waals surface area contributed by atoms with Crippen LogP contribution in [0, 0.1) is 0 Å². The maximum Gasteiger partial charge on any atom is 0.274 e. The molecule has 1 N–H and O–H groups in total. The van der Waals surface area contributed by atoms with Gasteiger partial charge >= 0.3 is 0 Å². The van der Waals surface area contributed by atoms with E-state index in [4.69, 9.17) is 0 Å². The second-order valence-electron chi connectivity index (χ2n) is 3.05. The van der Waals surface area contributed by atoms with Gasteiger partial charge in [-0.1, -0.05) is 0 Å². The van der Waals surface area contributed by atoms with Crippen LogP contribution in [0.2, 0.25) is 0 Å². The Bertz CT molecular complexity index is 522. The molecule has 0 fully saturated rings. The summed E-state index contributed by atoms with van der Waals surface area (Å²) in [5.74, 6) is 0.175. The third kappa shape index (κ3) is 0.950. The predicted octanol–water partition coefficient (Wildman–Crippen LogP) is 0.583. The van der Waals surface area contributed by atoms with Crippen molar-refractivity contribution in [3.8, 4) is 5.75 Å². The van der Waals surface area contributed by atoms with E-state index in [9.17, 15) is 9.90 Å². The van der Waals surface area contributed by atoms with Crippen molar-refractivity contribution in [1.82, 2.24) is 9.36 Å². The van der Waals surface area contributed by atoms with Gasteiger partial charge in [-0.3, -0.25) is 14.2 Å². The van der Waals surface area contributed by atoms with Crippen LogP contribution in [0.15, 0.2) is 23.0 Å². The van der Waals surface area contributed by atoms with Gasteiger partial charge in [0, 0.05) is 20.2 Å². The minimum atomic E-state index is -0.0440. The van der Waals surface area contributed by atoms with Crippen molar-refractivity contribution >= 4 is 10.9 Å². The van der Waals surface area contributed by atoms with Crippen LogP contribution < -0.4 is 5.56 Å². The molecular formula is C9H10N2O2. The quantitative estimate of drug-likeness (QED) is 0.641. The molecule has 0 radical (unpaired) electrons. The molecule has 0 atom stereocenters. The average molecular weight is 178 g/mol. The molecule has 0 saturated heterocycles. The normalized spacial score (nSPS) is 10.9. The van der Waals surface area contributed by atoms with E-state index in [0.717, 1.165) is 5.52 Å². The van der Waals surface area contributed by atoms with E-state index in [2.05, 4.69) is 0 Å². The Labute approximate surface area is 74.6 Å². The summed E-state index contributed by atoms with van der Waals surface area (Å²) in [7, 11) is 3.47. The van der Waals surface area contributed by atoms with Crippen LogP contribution in [0.4, 0.5) is 0 Å². The summed E-state index contributed by atoms with van der Waals surface area (Å²) in [6.45, 7) is 0. The molecule has 1 aromatic carbocycles. The number of hydrogen-bond donors (Lipinski definition) is 1. The number of aromatic hydroxyl groups is 1. The van der Waals surface area contributed by atoms with Crippen molar-refractivity contribution in [2.45, 2.75) is 0 Å². The number of nitrogens with zero attached hydrogens (tertiary/aromatic N) is 2. The van der Waals surface area contributed by atoms with Crippen molar-refractivity contribution in [3.63, 3.8) is 0 Å². The summed E-state index contributed by atoms with van der Waals surface area (Å²) < 4.78 is 3.21. The molecule has 0 aliphatic rings. The van der Waals surface area contributed by atoms with Crippen LogP contribution in [0.3, 0.4) is 0 Å². The summed E-state index contributed by atoms with van der Waals surface area (Å²) in [5.41, 5.74) is 0.699. The predicted molar refractivity (Wildman–Crippen MR) is 49.8 cm³/mol. The summed E-state index contributed by atoms with van der Waals surface area (Å²) in [6, 6.07) is 4.73. The molecule has 0 spiro atoms. The molecule has 0 saturated carbocycles. The first-order chi connectivity index (χ1) is 6.11. The Morgan fingerprint density at radius 1 is 1.23 bits per heavy atom. The van der Waals surface area contributed by atoms with E-state index in [1.807, 2.05) is 0 Å². The van der Waals surface area contributed by atoms with Crippen LogP contribution in [0.5, 0.6) is 5.75 Å². The maximum atomic E-state index is 11.5. The lowest BCUT2D eigenvalue weighted by Gasteiger charge is -1.99. The molecule has 0 bridgehead atoms. The van der Waals surface area contributed by atoms with Crippen LogP contribution in [-0.4, -0.2) is 14.5 Å². The molecule has 1 heterocycles. The monoisotopic (exact) mass is 178 g/mol. The molecule has 0 aliphatic heterocycles. The van der Waals surface area contributed by atoms with Gasteiger partial charge in [-0.05, 0) is 12.1 Å². The van der Waals surface area contributed by atoms with Gasteiger partial charge in [-0.15, -0.1) is 0 Å². The highest BCUT2D eigenvalue weighted by Gasteiger charge is 2.07. The molecule has 1 aromatic heterocycles. The minimum absolute atomic E-state index is 0.0440. The highest BCUT2D eigenvalue weighted by atomic mass is 16.3. The first-order valence-corrected chi connectivity index (χ1v) is 3.96. The van der Waals surface area contributed by atoms with Crippen LogP contribution in [0.25, 0.3) is 10.9 Å². The lowest BCUT2D eigenvalue weighted by atomic mass is 10.2. The topological polar surface area (TPSA) is 47.2 Å². The van der Waals surface area contributed by atoms with Crippen molar-refractivity contribution in [2.24, 2.45) is 14.1 Å². The van der Waals surface area contributed by atoms with Crippen LogP contribution >= 0.6 is 0 Å². The van der Waals surface area contributed by atoms with E-state index in [1.54, 1.807) is 30.9 Å². The number of rotatable bonds is 0. The molecule has 13 heavy (non-hydrogen) atoms. The number of phenolic OH excluding ortho intramolecular Hbond substituents is 1. The highest BCUT2D eigenvalue weighted by molar-refractivity contribution is 5.79. The fraction of sp³-hybridized carbons (Fsp3) is 0.222. The van der Waals surface area contributed by atoms with Gasteiger partial charge in [0.1, 0.15) is 5.75 Å². The number of fused-ring (bicyclic) bond motifs is 1. The van der Waals surface area contributed by atoms with Gasteiger partial charge in [-0.2, -0.15) is 0 Å². The van der Waals surface area contributed by atoms with Crippen molar-refractivity contribution in [3.05, 3.63) is 28.6 Å². The van der Waals surface area contributed by atoms with Gasteiger partial charge in [0.25, 0.3) is 5.56 Å². The minimum Gasteiger partial charge on any atom is -0.508 e. The molecule has 68 valence electrons. The van der Waals surface area contributed by atoms with Gasteiger partial charge in [0.2, 0.25) is 0 Å². The van der Waals surface area contributed by atoms with Crippen molar-refractivity contribution in [1.29, 1.82) is 0 Å². The third-order valence-corrected chi connectivity index (χ3v) is 2.30. The Hall–Kier alpha value is -1.71. The first-order valence-electron chi connectivity index (χ1n) is 3.96. The second-order valence-corrected chi connectivity index (χ2v) is 3.05. The van der Waals surface area contributed by atoms with Crippen molar-refractivity contribution < 1.29 is 5.11 Å². The number of aromatic nitrogens is 2. The zero-order valence-electron chi connectivity index (χ0n) is 7.48. The lowest BCUT2D eigenvalue weighted by molar-refractivity contribution is 0.475. The van der Waals surface area contributed by atoms with Gasteiger partial charge < -0.3 is 5.11 Å². The Morgan fingerprint density at radius 3 is 2.62 bits per heavy atom. The summed E-state index contributed by atoms with van der Waals surface area (Å²) in [6.07, 6.45) is 0. The molecule has 0 aliphatic carbocycles. The average Bonchev–Trinajstić information content (AvgIpc) is 2.32. The smallest absolute Gasteiger partial charge is 0.274 e. The second kappa shape index (κ2) is 2.39. The third-order valence-electron chi connectivity index (χ3n) is 2.30. The van der Waals surface area contributed by atoms with Crippen molar-refractivity contribution in [2.75, 3.05) is 0 Å². The van der Waals surface area contributed by atoms with E-state index in [0.29, 0.717) is 5.39 Å². The van der Waals surface area contributed by atoms with E-state index in [-0.39, 0.29) is 11.3 Å². The molecule has 4 heteroatoms. The number of phenols is 1. The number of aryl methyl sites for hydroxylation is 1. The zero-order valence-corrected chi connectivity index (χ0v) is 7.48. The zero-order chi connectivity index (χ0) is 9.59. The van der Waals surface area contributed by atoms with E-state index >= 15 is 0 Å². The standard InChI is InChI=1S/C9H10N2O2/c1-10-8-5-6(12)3-4-7(8)9(13)11(10)2/h3-5,12H,1-2H3. The lowest BCUT2D eigenvalue weighted by Crippen LogP contribution is -2.16. The summed E-state index contributed by atoms with van der Waals surface area (Å²) >= 11 is 0. The van der Waals surface area contributed by atoms with Gasteiger partial charge in [0.05, 0.1) is 10.9 Å². The van der Waals surface area contributed by atoms with Gasteiger partial charge in [-0.25, -0.2) is 0 Å². The highest BCUT2D eigenvalue weighted by Crippen LogP contribution is 2.16. The first kappa shape index (κ1) is 7.91. The molecule has 4 nitrogen and oxygen atoms in total. The SMILES string of the molecule is Cn1c(=O)c2ccc(O)cc2n1C. The molecule has 0 unspecified atom stereocenters.